The predicted molar refractivity (Wildman–Crippen MR) is 108 cm³/mol. The maximum Gasteiger partial charge on any atom is 0.255 e. The number of aromatic nitrogens is 2. The number of carbonyl (C=O) groups excluding carboxylic acids is 1. The van der Waals surface area contributed by atoms with Crippen LogP contribution in [0.5, 0.6) is 0 Å². The average Bonchev–Trinajstić information content (AvgIpc) is 3.23. The highest BCUT2D eigenvalue weighted by Crippen LogP contribution is 2.22. The van der Waals surface area contributed by atoms with Gasteiger partial charge in [0.15, 0.2) is 0 Å². The number of carbonyl (C=O) groups is 1. The van der Waals surface area contributed by atoms with Crippen LogP contribution in [-0.2, 0) is 6.54 Å². The monoisotopic (exact) mass is 360 g/mol. The van der Waals surface area contributed by atoms with E-state index in [0.29, 0.717) is 5.56 Å². The second kappa shape index (κ2) is 8.08. The Hall–Kier alpha value is -3.08. The quantitative estimate of drug-likeness (QED) is 0.743. The second-order valence-electron chi connectivity index (χ2n) is 6.98. The standard InChI is InChI=1S/C22H24N4O/c27-22(19-6-4-18(5-7-19)16-25-15-12-23-17-25)24-20-8-10-21(11-9-20)26-13-2-1-3-14-26/h4-12,15,17H,1-3,13-14,16H2,(H,24,27). The minimum Gasteiger partial charge on any atom is -0.372 e. The third-order valence-electron chi connectivity index (χ3n) is 4.99. The molecule has 1 N–H and O–H groups in total. The Kier molecular flexibility index (Phi) is 5.19. The lowest BCUT2D eigenvalue weighted by atomic mass is 10.1. The molecule has 138 valence electrons. The summed E-state index contributed by atoms with van der Waals surface area (Å²) in [5, 5.41) is 2.98. The number of rotatable bonds is 5. The van der Waals surface area contributed by atoms with Gasteiger partial charge < -0.3 is 14.8 Å². The largest absolute Gasteiger partial charge is 0.372 e. The van der Waals surface area contributed by atoms with Gasteiger partial charge in [-0.05, 0) is 61.2 Å². The highest BCUT2D eigenvalue weighted by Gasteiger charge is 2.11. The van der Waals surface area contributed by atoms with Gasteiger partial charge in [0.25, 0.3) is 5.91 Å². The first kappa shape index (κ1) is 17.3. The van der Waals surface area contributed by atoms with Crippen LogP contribution in [0.2, 0.25) is 0 Å². The van der Waals surface area contributed by atoms with Crippen molar-refractivity contribution in [1.82, 2.24) is 9.55 Å². The highest BCUT2D eigenvalue weighted by molar-refractivity contribution is 6.04. The van der Waals surface area contributed by atoms with E-state index in [0.717, 1.165) is 30.9 Å². The van der Waals surface area contributed by atoms with Gasteiger partial charge in [-0.1, -0.05) is 12.1 Å². The third kappa shape index (κ3) is 4.37. The zero-order valence-electron chi connectivity index (χ0n) is 15.3. The number of anilines is 2. The van der Waals surface area contributed by atoms with Gasteiger partial charge in [0.1, 0.15) is 0 Å². The SMILES string of the molecule is O=C(Nc1ccc(N2CCCCC2)cc1)c1ccc(Cn2ccnc2)cc1. The first-order valence-corrected chi connectivity index (χ1v) is 9.49. The van der Waals surface area contributed by atoms with E-state index < -0.39 is 0 Å². The van der Waals surface area contributed by atoms with Crippen molar-refractivity contribution in [2.75, 3.05) is 23.3 Å². The summed E-state index contributed by atoms with van der Waals surface area (Å²) in [5.74, 6) is -0.0881. The van der Waals surface area contributed by atoms with E-state index >= 15 is 0 Å². The number of piperidine rings is 1. The fourth-order valence-corrected chi connectivity index (χ4v) is 3.46. The molecule has 0 radical (unpaired) electrons. The summed E-state index contributed by atoms with van der Waals surface area (Å²) >= 11 is 0. The molecule has 1 amide bonds. The van der Waals surface area contributed by atoms with Crippen LogP contribution in [0.1, 0.15) is 35.2 Å². The van der Waals surface area contributed by atoms with Crippen molar-refractivity contribution in [2.45, 2.75) is 25.8 Å². The summed E-state index contributed by atoms with van der Waals surface area (Å²) < 4.78 is 2.00. The predicted octanol–water partition coefficient (Wildman–Crippen LogP) is 4.17. The van der Waals surface area contributed by atoms with Gasteiger partial charge in [-0.15, -0.1) is 0 Å². The van der Waals surface area contributed by atoms with E-state index in [2.05, 4.69) is 27.3 Å². The van der Waals surface area contributed by atoms with Crippen molar-refractivity contribution in [3.8, 4) is 0 Å². The molecule has 2 heterocycles. The molecule has 2 aromatic carbocycles. The summed E-state index contributed by atoms with van der Waals surface area (Å²) in [5.41, 5.74) is 3.85. The minimum absolute atomic E-state index is 0.0881. The molecule has 1 aliphatic rings. The number of hydrogen-bond donors (Lipinski definition) is 1. The molecule has 1 aromatic heterocycles. The van der Waals surface area contributed by atoms with E-state index in [1.165, 1.54) is 24.9 Å². The highest BCUT2D eigenvalue weighted by atomic mass is 16.1. The fraction of sp³-hybridized carbons (Fsp3) is 0.273. The molecule has 0 aliphatic carbocycles. The van der Waals surface area contributed by atoms with Crippen molar-refractivity contribution in [3.05, 3.63) is 78.4 Å². The zero-order chi connectivity index (χ0) is 18.5. The minimum atomic E-state index is -0.0881. The molecular weight excluding hydrogens is 336 g/mol. The van der Waals surface area contributed by atoms with Crippen molar-refractivity contribution in [2.24, 2.45) is 0 Å². The van der Waals surface area contributed by atoms with Crippen LogP contribution in [0.15, 0.2) is 67.3 Å². The lowest BCUT2D eigenvalue weighted by Gasteiger charge is -2.28. The van der Waals surface area contributed by atoms with Crippen molar-refractivity contribution < 1.29 is 4.79 Å². The number of nitrogens with zero attached hydrogens (tertiary/aromatic N) is 3. The molecule has 4 rings (SSSR count). The first-order valence-electron chi connectivity index (χ1n) is 9.49. The van der Waals surface area contributed by atoms with Crippen LogP contribution in [0.4, 0.5) is 11.4 Å². The average molecular weight is 360 g/mol. The fourth-order valence-electron chi connectivity index (χ4n) is 3.46. The zero-order valence-corrected chi connectivity index (χ0v) is 15.3. The second-order valence-corrected chi connectivity index (χ2v) is 6.98. The molecule has 0 atom stereocenters. The Morgan fingerprint density at radius 1 is 0.963 bits per heavy atom. The van der Waals surface area contributed by atoms with Gasteiger partial charge in [0, 0.05) is 49.0 Å². The van der Waals surface area contributed by atoms with Crippen LogP contribution in [0.25, 0.3) is 0 Å². The summed E-state index contributed by atoms with van der Waals surface area (Å²) in [6, 6.07) is 15.8. The summed E-state index contributed by atoms with van der Waals surface area (Å²) in [7, 11) is 0. The Balaban J connectivity index is 1.36. The summed E-state index contributed by atoms with van der Waals surface area (Å²) in [6.45, 7) is 2.99. The smallest absolute Gasteiger partial charge is 0.255 e. The normalized spacial score (nSPS) is 14.1. The van der Waals surface area contributed by atoms with Crippen LogP contribution in [-0.4, -0.2) is 28.5 Å². The molecule has 0 bridgehead atoms. The van der Waals surface area contributed by atoms with Crippen molar-refractivity contribution in [3.63, 3.8) is 0 Å². The molecule has 1 saturated heterocycles. The summed E-state index contributed by atoms with van der Waals surface area (Å²) in [6.07, 6.45) is 9.32. The number of imidazole rings is 1. The molecule has 0 unspecified atom stereocenters. The Bertz CT molecular complexity index is 864. The van der Waals surface area contributed by atoms with Gasteiger partial charge in [-0.25, -0.2) is 4.98 Å². The molecular formula is C22H24N4O. The lowest BCUT2D eigenvalue weighted by molar-refractivity contribution is 0.102. The molecule has 1 aliphatic heterocycles. The first-order chi connectivity index (χ1) is 13.3. The molecule has 1 fully saturated rings. The van der Waals surface area contributed by atoms with Crippen LogP contribution in [0.3, 0.4) is 0 Å². The number of amides is 1. The van der Waals surface area contributed by atoms with Gasteiger partial charge in [-0.2, -0.15) is 0 Å². The maximum atomic E-state index is 12.5. The molecule has 3 aromatic rings. The molecule has 5 heteroatoms. The number of hydrogen-bond acceptors (Lipinski definition) is 3. The van der Waals surface area contributed by atoms with E-state index in [1.54, 1.807) is 12.5 Å². The van der Waals surface area contributed by atoms with Crippen molar-refractivity contribution in [1.29, 1.82) is 0 Å². The Morgan fingerprint density at radius 3 is 2.37 bits per heavy atom. The van der Waals surface area contributed by atoms with Gasteiger partial charge in [-0.3, -0.25) is 4.79 Å². The third-order valence-corrected chi connectivity index (χ3v) is 4.99. The topological polar surface area (TPSA) is 50.2 Å². The maximum absolute atomic E-state index is 12.5. The van der Waals surface area contributed by atoms with Gasteiger partial charge >= 0.3 is 0 Å². The Morgan fingerprint density at radius 2 is 1.70 bits per heavy atom. The van der Waals surface area contributed by atoms with E-state index in [4.69, 9.17) is 0 Å². The van der Waals surface area contributed by atoms with Gasteiger partial charge in [0.05, 0.1) is 6.33 Å². The number of nitrogens with one attached hydrogen (secondary N) is 1. The number of benzene rings is 2. The van der Waals surface area contributed by atoms with Gasteiger partial charge in [0.2, 0.25) is 0 Å². The van der Waals surface area contributed by atoms with Crippen LogP contribution < -0.4 is 10.2 Å². The molecule has 27 heavy (non-hydrogen) atoms. The lowest BCUT2D eigenvalue weighted by Crippen LogP contribution is -2.29. The summed E-state index contributed by atoms with van der Waals surface area (Å²) in [4.78, 5) is 18.9. The van der Waals surface area contributed by atoms with Crippen LogP contribution >= 0.6 is 0 Å². The molecule has 0 spiro atoms. The Labute approximate surface area is 159 Å². The van der Waals surface area contributed by atoms with Crippen molar-refractivity contribution >= 4 is 17.3 Å². The van der Waals surface area contributed by atoms with E-state index in [-0.39, 0.29) is 5.91 Å². The van der Waals surface area contributed by atoms with E-state index in [1.807, 2.05) is 47.2 Å². The molecule has 5 nitrogen and oxygen atoms in total. The van der Waals surface area contributed by atoms with E-state index in [9.17, 15) is 4.79 Å². The van der Waals surface area contributed by atoms with Crippen LogP contribution in [0, 0.1) is 0 Å². The molecule has 0 saturated carbocycles.